The van der Waals surface area contributed by atoms with Gasteiger partial charge < -0.3 is 4.74 Å². The number of hydrogen-bond donors (Lipinski definition) is 0. The van der Waals surface area contributed by atoms with Crippen LogP contribution in [0.2, 0.25) is 0 Å². The number of imide groups is 1. The van der Waals surface area contributed by atoms with Crippen molar-refractivity contribution in [3.05, 3.63) is 29.8 Å². The van der Waals surface area contributed by atoms with Gasteiger partial charge in [-0.25, -0.2) is 4.39 Å². The Morgan fingerprint density at radius 2 is 2.00 bits per heavy atom. The zero-order valence-corrected chi connectivity index (χ0v) is 10.7. The van der Waals surface area contributed by atoms with Gasteiger partial charge in [0.05, 0.1) is 6.04 Å². The van der Waals surface area contributed by atoms with E-state index in [0.29, 0.717) is 0 Å². The van der Waals surface area contributed by atoms with Crippen molar-refractivity contribution in [1.82, 2.24) is 4.90 Å². The molecule has 3 saturated heterocycles. The summed E-state index contributed by atoms with van der Waals surface area (Å²) in [6, 6.07) is 5.16. The molecule has 0 spiro atoms. The number of alkyl halides is 3. The number of carbonyl (C=O) groups excluding carboxylic acids is 2. The van der Waals surface area contributed by atoms with Gasteiger partial charge in [0, 0.05) is 5.56 Å². The molecule has 2 amide bonds. The molecule has 4 nitrogen and oxygen atoms in total. The lowest BCUT2D eigenvalue weighted by molar-refractivity contribution is -0.187. The number of ether oxygens (including phenoxy) is 1. The normalized spacial score (nSPS) is 24.9. The molecule has 0 aliphatic carbocycles. The maximum absolute atomic E-state index is 13.0. The summed E-state index contributed by atoms with van der Waals surface area (Å²) in [5, 5.41) is -1.01. The quantitative estimate of drug-likeness (QED) is 0.802. The Labute approximate surface area is 115 Å². The van der Waals surface area contributed by atoms with Gasteiger partial charge in [-0.15, -0.1) is 0 Å². The molecule has 2 bridgehead atoms. The number of benzene rings is 1. The van der Waals surface area contributed by atoms with Gasteiger partial charge in [-0.05, 0) is 17.8 Å². The zero-order chi connectivity index (χ0) is 14.5. The number of para-hydroxylation sites is 1. The van der Waals surface area contributed by atoms with E-state index in [0.717, 1.165) is 16.7 Å². The summed E-state index contributed by atoms with van der Waals surface area (Å²) in [4.78, 5) is 24.0. The lowest BCUT2D eigenvalue weighted by atomic mass is 9.93. The van der Waals surface area contributed by atoms with Gasteiger partial charge in [0.2, 0.25) is 5.91 Å². The Bertz CT molecular complexity index is 587. The van der Waals surface area contributed by atoms with Gasteiger partial charge in [-0.3, -0.25) is 14.5 Å². The van der Waals surface area contributed by atoms with Crippen LogP contribution in [0.3, 0.4) is 0 Å². The molecule has 20 heavy (non-hydrogen) atoms. The molecule has 8 heteroatoms. The molecular formula is C12H8F3NO3S. The molecular weight excluding hydrogens is 295 g/mol. The average molecular weight is 303 g/mol. The highest BCUT2D eigenvalue weighted by Crippen LogP contribution is 2.53. The Hall–Kier alpha value is -1.70. The van der Waals surface area contributed by atoms with Crippen LogP contribution < -0.4 is 4.74 Å². The van der Waals surface area contributed by atoms with Gasteiger partial charge in [-0.1, -0.05) is 18.2 Å². The van der Waals surface area contributed by atoms with Crippen molar-refractivity contribution in [3.8, 4) is 5.75 Å². The summed E-state index contributed by atoms with van der Waals surface area (Å²) in [6.07, 6.45) is -3.94. The molecule has 3 heterocycles. The molecule has 3 fully saturated rings. The van der Waals surface area contributed by atoms with E-state index in [9.17, 15) is 22.8 Å². The van der Waals surface area contributed by atoms with E-state index in [1.54, 1.807) is 6.07 Å². The zero-order valence-electron chi connectivity index (χ0n) is 9.89. The van der Waals surface area contributed by atoms with Crippen molar-refractivity contribution < 1.29 is 27.5 Å². The summed E-state index contributed by atoms with van der Waals surface area (Å²) in [7, 11) is 0. The molecule has 4 rings (SSSR count). The van der Waals surface area contributed by atoms with Crippen LogP contribution in [-0.2, 0) is 4.79 Å². The first-order chi connectivity index (χ1) is 9.44. The van der Waals surface area contributed by atoms with Crippen molar-refractivity contribution in [2.24, 2.45) is 0 Å². The van der Waals surface area contributed by atoms with Gasteiger partial charge in [-0.2, -0.15) is 8.78 Å². The minimum atomic E-state index is -3.94. The van der Waals surface area contributed by atoms with Crippen LogP contribution in [0.15, 0.2) is 24.3 Å². The molecule has 0 N–H and O–H groups in total. The maximum Gasteiger partial charge on any atom is 0.427 e. The molecule has 2 unspecified atom stereocenters. The highest BCUT2D eigenvalue weighted by Gasteiger charge is 2.60. The minimum absolute atomic E-state index is 0.224. The highest BCUT2D eigenvalue weighted by molar-refractivity contribution is 8.15. The molecule has 1 aromatic carbocycles. The largest absolute Gasteiger partial charge is 0.430 e. The number of halogens is 3. The standard InChI is InChI=1S/C12H8F3NO3S/c13-5-12(14,15)19-7-4-2-1-3-6(7)8-9-10(17)16(8)11(18)20-9/h1-4,8-9H,5H2. The van der Waals surface area contributed by atoms with Crippen LogP contribution in [0.4, 0.5) is 18.0 Å². The van der Waals surface area contributed by atoms with Crippen LogP contribution in [-0.4, -0.2) is 34.1 Å². The first kappa shape index (κ1) is 13.3. The summed E-state index contributed by atoms with van der Waals surface area (Å²) in [5.41, 5.74) is 0.281. The minimum Gasteiger partial charge on any atom is -0.430 e. The van der Waals surface area contributed by atoms with E-state index in [-0.39, 0.29) is 17.2 Å². The number of β-lactam (4-membered cyclic amide) rings is 1. The number of carbonyl (C=O) groups is 2. The van der Waals surface area contributed by atoms with Crippen molar-refractivity contribution in [2.75, 3.05) is 6.67 Å². The van der Waals surface area contributed by atoms with Crippen LogP contribution in [0.1, 0.15) is 11.6 Å². The molecule has 0 saturated carbocycles. The first-order valence-corrected chi connectivity index (χ1v) is 6.58. The van der Waals surface area contributed by atoms with Gasteiger partial charge in [0.25, 0.3) is 5.24 Å². The second-order valence-corrected chi connectivity index (χ2v) is 5.46. The summed E-state index contributed by atoms with van der Waals surface area (Å²) in [6.45, 7) is -1.95. The number of hydrogen-bond acceptors (Lipinski definition) is 4. The van der Waals surface area contributed by atoms with Gasteiger partial charge >= 0.3 is 6.11 Å². The number of fused-ring (bicyclic) bond motifs is 1. The number of rotatable bonds is 4. The van der Waals surface area contributed by atoms with Crippen molar-refractivity contribution >= 4 is 22.9 Å². The Morgan fingerprint density at radius 3 is 2.55 bits per heavy atom. The smallest absolute Gasteiger partial charge is 0.427 e. The molecule has 0 aromatic heterocycles. The van der Waals surface area contributed by atoms with Crippen LogP contribution in [0.25, 0.3) is 0 Å². The molecule has 3 aliphatic heterocycles. The fourth-order valence-corrected chi connectivity index (χ4v) is 3.40. The van der Waals surface area contributed by atoms with Crippen LogP contribution >= 0.6 is 11.8 Å². The first-order valence-electron chi connectivity index (χ1n) is 5.70. The van der Waals surface area contributed by atoms with E-state index in [2.05, 4.69) is 4.74 Å². The number of nitrogens with zero attached hydrogens (tertiary/aromatic N) is 1. The van der Waals surface area contributed by atoms with Crippen molar-refractivity contribution in [1.29, 1.82) is 0 Å². The average Bonchev–Trinajstić information content (AvgIpc) is 2.91. The fourth-order valence-electron chi connectivity index (χ4n) is 2.25. The fraction of sp³-hybridized carbons (Fsp3) is 0.333. The Morgan fingerprint density at radius 1 is 1.30 bits per heavy atom. The lowest BCUT2D eigenvalue weighted by Crippen LogP contribution is -2.50. The number of amides is 2. The third kappa shape index (κ3) is 1.86. The Kier molecular flexibility index (Phi) is 2.93. The van der Waals surface area contributed by atoms with Crippen LogP contribution in [0, 0.1) is 0 Å². The lowest BCUT2D eigenvalue weighted by Gasteiger charge is -2.36. The highest BCUT2D eigenvalue weighted by atomic mass is 32.2. The summed E-state index contributed by atoms with van der Waals surface area (Å²) < 4.78 is 42.6. The predicted octanol–water partition coefficient (Wildman–Crippen LogP) is 2.75. The van der Waals surface area contributed by atoms with Gasteiger partial charge in [0.15, 0.2) is 6.67 Å². The molecule has 3 aliphatic rings. The Balaban J connectivity index is 1.92. The van der Waals surface area contributed by atoms with E-state index >= 15 is 0 Å². The molecule has 2 atom stereocenters. The third-order valence-corrected chi connectivity index (χ3v) is 4.23. The molecule has 1 aromatic rings. The summed E-state index contributed by atoms with van der Waals surface area (Å²) >= 11 is 0.858. The topological polar surface area (TPSA) is 46.6 Å². The van der Waals surface area contributed by atoms with E-state index in [4.69, 9.17) is 0 Å². The van der Waals surface area contributed by atoms with Crippen molar-refractivity contribution in [2.45, 2.75) is 17.4 Å². The second kappa shape index (κ2) is 4.41. The van der Waals surface area contributed by atoms with Gasteiger partial charge in [0.1, 0.15) is 11.0 Å². The van der Waals surface area contributed by atoms with E-state index in [1.165, 1.54) is 18.2 Å². The van der Waals surface area contributed by atoms with Crippen LogP contribution in [0.5, 0.6) is 5.75 Å². The number of thioether (sulfide) groups is 1. The monoisotopic (exact) mass is 303 g/mol. The van der Waals surface area contributed by atoms with E-state index < -0.39 is 29.3 Å². The third-order valence-electron chi connectivity index (χ3n) is 3.12. The molecule has 0 radical (unpaired) electrons. The predicted molar refractivity (Wildman–Crippen MR) is 64.4 cm³/mol. The van der Waals surface area contributed by atoms with Crippen molar-refractivity contribution in [3.63, 3.8) is 0 Å². The SMILES string of the molecule is O=C1SC2C(=O)N1C2c1ccccc1OC(F)(F)CF. The maximum atomic E-state index is 13.0. The van der Waals surface area contributed by atoms with E-state index in [1.807, 2.05) is 0 Å². The summed E-state index contributed by atoms with van der Waals surface area (Å²) in [5.74, 6) is -0.560. The molecule has 106 valence electrons. The second-order valence-electron chi connectivity index (χ2n) is 4.37.